The van der Waals surface area contributed by atoms with Crippen LogP contribution in [0.5, 0.6) is 0 Å². The quantitative estimate of drug-likeness (QED) is 0.759. The maximum Gasteiger partial charge on any atom is 0.243 e. The molecule has 0 spiro atoms. The summed E-state index contributed by atoms with van der Waals surface area (Å²) < 4.78 is 26.6. The van der Waals surface area contributed by atoms with Gasteiger partial charge in [0, 0.05) is 13.1 Å². The monoisotopic (exact) mass is 287 g/mol. The van der Waals surface area contributed by atoms with Gasteiger partial charge in [-0.3, -0.25) is 0 Å². The van der Waals surface area contributed by atoms with E-state index in [1.807, 2.05) is 32.8 Å². The Balaban J connectivity index is 2.73. The molecule has 0 aromatic carbocycles. The van der Waals surface area contributed by atoms with Crippen molar-refractivity contribution in [1.82, 2.24) is 19.6 Å². The molecule has 0 aliphatic rings. The Labute approximate surface area is 114 Å². The lowest BCUT2D eigenvalue weighted by molar-refractivity contribution is 0.242. The first-order valence-corrected chi connectivity index (χ1v) is 7.33. The van der Waals surface area contributed by atoms with Crippen molar-refractivity contribution in [3.8, 4) is 0 Å². The molecule has 1 aromatic heterocycles. The van der Waals surface area contributed by atoms with Crippen molar-refractivity contribution in [1.29, 1.82) is 0 Å². The van der Waals surface area contributed by atoms with Gasteiger partial charge in [0.1, 0.15) is 4.90 Å². The summed E-state index contributed by atoms with van der Waals surface area (Å²) in [6, 6.07) is 0. The first-order chi connectivity index (χ1) is 8.62. The number of nitrogen functional groups attached to an aromatic ring is 1. The second-order valence-corrected chi connectivity index (χ2v) is 7.27. The molecule has 108 valence electrons. The van der Waals surface area contributed by atoms with Gasteiger partial charge in [-0.15, -0.1) is 0 Å². The van der Waals surface area contributed by atoms with Gasteiger partial charge in [0.05, 0.1) is 12.4 Å². The SMILES string of the molecule is CN(C)CC(C)(C)CNS(=O)(=O)c1cnc(N)nc1. The summed E-state index contributed by atoms with van der Waals surface area (Å²) in [5.41, 5.74) is 5.15. The van der Waals surface area contributed by atoms with Gasteiger partial charge in [-0.1, -0.05) is 13.8 Å². The lowest BCUT2D eigenvalue weighted by atomic mass is 9.93. The van der Waals surface area contributed by atoms with Crippen LogP contribution in [0.2, 0.25) is 0 Å². The van der Waals surface area contributed by atoms with E-state index in [0.29, 0.717) is 6.54 Å². The smallest absolute Gasteiger partial charge is 0.243 e. The van der Waals surface area contributed by atoms with Crippen molar-refractivity contribution in [2.75, 3.05) is 32.9 Å². The summed E-state index contributed by atoms with van der Waals surface area (Å²) in [4.78, 5) is 9.39. The van der Waals surface area contributed by atoms with Crippen molar-refractivity contribution >= 4 is 16.0 Å². The van der Waals surface area contributed by atoms with E-state index in [1.165, 1.54) is 12.4 Å². The lowest BCUT2D eigenvalue weighted by Crippen LogP contribution is -2.40. The fourth-order valence-electron chi connectivity index (χ4n) is 1.75. The Kier molecular flexibility index (Phi) is 4.83. The van der Waals surface area contributed by atoms with Gasteiger partial charge >= 0.3 is 0 Å². The molecule has 1 rings (SSSR count). The molecule has 0 fully saturated rings. The van der Waals surface area contributed by atoms with Crippen molar-refractivity contribution in [2.24, 2.45) is 5.41 Å². The summed E-state index contributed by atoms with van der Waals surface area (Å²) in [5, 5.41) is 0. The molecular weight excluding hydrogens is 266 g/mol. The van der Waals surface area contributed by atoms with Crippen molar-refractivity contribution < 1.29 is 8.42 Å². The predicted octanol–water partition coefficient (Wildman–Crippen LogP) is -0.0751. The average molecular weight is 287 g/mol. The summed E-state index contributed by atoms with van der Waals surface area (Å²) in [5.74, 6) is 0.0480. The molecule has 0 amide bonds. The van der Waals surface area contributed by atoms with Crippen LogP contribution in [-0.4, -0.2) is 50.5 Å². The molecular formula is C11H21N5O2S. The highest BCUT2D eigenvalue weighted by atomic mass is 32.2. The first-order valence-electron chi connectivity index (χ1n) is 5.84. The molecule has 7 nitrogen and oxygen atoms in total. The highest BCUT2D eigenvalue weighted by Crippen LogP contribution is 2.16. The summed E-state index contributed by atoms with van der Waals surface area (Å²) in [6.45, 7) is 5.09. The maximum atomic E-state index is 12.0. The molecule has 1 heterocycles. The minimum atomic E-state index is -3.60. The molecule has 0 aliphatic heterocycles. The van der Waals surface area contributed by atoms with Crippen molar-refractivity contribution in [3.63, 3.8) is 0 Å². The molecule has 3 N–H and O–H groups in total. The van der Waals surface area contributed by atoms with Crippen LogP contribution in [0.15, 0.2) is 17.3 Å². The fraction of sp³-hybridized carbons (Fsp3) is 0.636. The van der Waals surface area contributed by atoms with Crippen molar-refractivity contribution in [2.45, 2.75) is 18.7 Å². The molecule has 8 heteroatoms. The van der Waals surface area contributed by atoms with Gasteiger partial charge in [-0.2, -0.15) is 0 Å². The third-order valence-electron chi connectivity index (χ3n) is 2.44. The first kappa shape index (κ1) is 15.8. The zero-order valence-electron chi connectivity index (χ0n) is 11.7. The average Bonchev–Trinajstić information content (AvgIpc) is 2.26. The maximum absolute atomic E-state index is 12.0. The van der Waals surface area contributed by atoms with E-state index in [1.54, 1.807) is 0 Å². The van der Waals surface area contributed by atoms with E-state index in [0.717, 1.165) is 6.54 Å². The van der Waals surface area contributed by atoms with Crippen LogP contribution < -0.4 is 10.5 Å². The van der Waals surface area contributed by atoms with Crippen LogP contribution >= 0.6 is 0 Å². The zero-order valence-corrected chi connectivity index (χ0v) is 12.5. The molecule has 0 radical (unpaired) electrons. The Bertz CT molecular complexity index is 510. The summed E-state index contributed by atoms with van der Waals surface area (Å²) in [6.07, 6.45) is 2.40. The summed E-state index contributed by atoms with van der Waals surface area (Å²) >= 11 is 0. The van der Waals surface area contributed by atoms with Gasteiger partial charge in [0.2, 0.25) is 16.0 Å². The van der Waals surface area contributed by atoms with Gasteiger partial charge in [0.25, 0.3) is 0 Å². The normalized spacial score (nSPS) is 12.9. The van der Waals surface area contributed by atoms with Crippen LogP contribution in [0.25, 0.3) is 0 Å². The van der Waals surface area contributed by atoms with Crippen LogP contribution in [0, 0.1) is 5.41 Å². The van der Waals surface area contributed by atoms with Crippen LogP contribution in [0.4, 0.5) is 5.95 Å². The van der Waals surface area contributed by atoms with Crippen LogP contribution in [-0.2, 0) is 10.0 Å². The van der Waals surface area contributed by atoms with E-state index in [2.05, 4.69) is 14.7 Å². The fourth-order valence-corrected chi connectivity index (χ4v) is 2.88. The summed E-state index contributed by atoms with van der Waals surface area (Å²) in [7, 11) is 0.302. The number of hydrogen-bond donors (Lipinski definition) is 2. The molecule has 0 saturated carbocycles. The molecule has 19 heavy (non-hydrogen) atoms. The lowest BCUT2D eigenvalue weighted by Gasteiger charge is -2.28. The van der Waals surface area contributed by atoms with Crippen LogP contribution in [0.3, 0.4) is 0 Å². The molecule has 0 bridgehead atoms. The second-order valence-electron chi connectivity index (χ2n) is 5.50. The number of nitrogens with one attached hydrogen (secondary N) is 1. The van der Waals surface area contributed by atoms with E-state index < -0.39 is 10.0 Å². The number of aromatic nitrogens is 2. The van der Waals surface area contributed by atoms with E-state index in [-0.39, 0.29) is 16.3 Å². The van der Waals surface area contributed by atoms with Gasteiger partial charge < -0.3 is 10.6 Å². The molecule has 0 aliphatic carbocycles. The number of rotatable bonds is 6. The molecule has 0 unspecified atom stereocenters. The third kappa shape index (κ3) is 5.09. The van der Waals surface area contributed by atoms with Gasteiger partial charge in [-0.05, 0) is 19.5 Å². The van der Waals surface area contributed by atoms with E-state index >= 15 is 0 Å². The van der Waals surface area contributed by atoms with Gasteiger partial charge in [-0.25, -0.2) is 23.1 Å². The highest BCUT2D eigenvalue weighted by molar-refractivity contribution is 7.89. The largest absolute Gasteiger partial charge is 0.368 e. The number of hydrogen-bond acceptors (Lipinski definition) is 6. The zero-order chi connectivity index (χ0) is 14.7. The Hall–Kier alpha value is -1.25. The number of nitrogens with two attached hydrogens (primary N) is 1. The number of anilines is 1. The van der Waals surface area contributed by atoms with E-state index in [9.17, 15) is 8.42 Å². The predicted molar refractivity (Wildman–Crippen MR) is 74.0 cm³/mol. The minimum absolute atomic E-state index is 0.0161. The van der Waals surface area contributed by atoms with Gasteiger partial charge in [0.15, 0.2) is 0 Å². The molecule has 0 atom stereocenters. The minimum Gasteiger partial charge on any atom is -0.368 e. The van der Waals surface area contributed by atoms with E-state index in [4.69, 9.17) is 5.73 Å². The number of sulfonamides is 1. The molecule has 1 aromatic rings. The van der Waals surface area contributed by atoms with Crippen molar-refractivity contribution in [3.05, 3.63) is 12.4 Å². The number of nitrogens with zero attached hydrogens (tertiary/aromatic N) is 3. The third-order valence-corrected chi connectivity index (χ3v) is 3.80. The van der Waals surface area contributed by atoms with Crippen LogP contribution in [0.1, 0.15) is 13.8 Å². The second kappa shape index (κ2) is 5.81. The topological polar surface area (TPSA) is 101 Å². The highest BCUT2D eigenvalue weighted by Gasteiger charge is 2.23. The Morgan fingerprint density at radius 3 is 2.32 bits per heavy atom. The Morgan fingerprint density at radius 1 is 1.32 bits per heavy atom. The molecule has 0 saturated heterocycles. The Morgan fingerprint density at radius 2 is 1.84 bits per heavy atom. The standard InChI is InChI=1S/C11H21N5O2S/c1-11(2,8-16(3)4)7-15-19(17,18)9-5-13-10(12)14-6-9/h5-6,15H,7-8H2,1-4H3,(H2,12,13,14).